The molecule has 0 aliphatic rings. The summed E-state index contributed by atoms with van der Waals surface area (Å²) < 4.78 is 18.5. The van der Waals surface area contributed by atoms with Crippen LogP contribution in [-0.2, 0) is 11.3 Å². The van der Waals surface area contributed by atoms with E-state index in [-0.39, 0.29) is 24.4 Å². The van der Waals surface area contributed by atoms with Crippen molar-refractivity contribution in [2.24, 2.45) is 5.41 Å². The Morgan fingerprint density at radius 2 is 1.94 bits per heavy atom. The van der Waals surface area contributed by atoms with Crippen molar-refractivity contribution in [1.82, 2.24) is 0 Å². The van der Waals surface area contributed by atoms with Crippen LogP contribution in [0.3, 0.4) is 0 Å². The van der Waals surface area contributed by atoms with Gasteiger partial charge in [-0.1, -0.05) is 39.0 Å². The lowest BCUT2D eigenvalue weighted by atomic mass is 9.90. The number of ether oxygens (including phenoxy) is 1. The van der Waals surface area contributed by atoms with Gasteiger partial charge in [-0.25, -0.2) is 4.39 Å². The topological polar surface area (TPSA) is 29.5 Å². The number of halogens is 1. The third kappa shape index (κ3) is 3.91. The lowest BCUT2D eigenvalue weighted by Gasteiger charge is -2.25. The zero-order valence-corrected chi connectivity index (χ0v) is 10.0. The van der Waals surface area contributed by atoms with Gasteiger partial charge in [0.05, 0.1) is 19.3 Å². The maximum atomic E-state index is 13.2. The van der Waals surface area contributed by atoms with Crippen LogP contribution in [0, 0.1) is 11.2 Å². The lowest BCUT2D eigenvalue weighted by molar-refractivity contribution is -0.0264. The smallest absolute Gasteiger partial charge is 0.128 e. The third-order valence-electron chi connectivity index (χ3n) is 2.49. The van der Waals surface area contributed by atoms with Crippen molar-refractivity contribution >= 4 is 0 Å². The van der Waals surface area contributed by atoms with Gasteiger partial charge in [0, 0.05) is 5.56 Å². The molecule has 1 rings (SSSR count). The standard InChI is InChI=1S/C13H19FO2/c1-13(2,3)12(15)9-16-8-10-6-4-5-7-11(10)14/h4-7,12,15H,8-9H2,1-3H3. The van der Waals surface area contributed by atoms with Crippen molar-refractivity contribution in [2.45, 2.75) is 33.5 Å². The predicted octanol–water partition coefficient (Wildman–Crippen LogP) is 2.75. The van der Waals surface area contributed by atoms with Gasteiger partial charge in [-0.3, -0.25) is 0 Å². The SMILES string of the molecule is CC(C)(C)C(O)COCc1ccccc1F. The van der Waals surface area contributed by atoms with E-state index in [0.717, 1.165) is 0 Å². The van der Waals surface area contributed by atoms with E-state index in [1.54, 1.807) is 18.2 Å². The van der Waals surface area contributed by atoms with Crippen LogP contribution in [0.25, 0.3) is 0 Å². The molecule has 0 aliphatic carbocycles. The second-order valence-electron chi connectivity index (χ2n) is 4.99. The van der Waals surface area contributed by atoms with Crippen molar-refractivity contribution in [3.63, 3.8) is 0 Å². The molecule has 0 bridgehead atoms. The molecule has 1 N–H and O–H groups in total. The second kappa shape index (κ2) is 5.41. The van der Waals surface area contributed by atoms with Gasteiger partial charge >= 0.3 is 0 Å². The summed E-state index contributed by atoms with van der Waals surface area (Å²) in [5.41, 5.74) is 0.304. The van der Waals surface area contributed by atoms with Crippen LogP contribution in [0.2, 0.25) is 0 Å². The number of benzene rings is 1. The van der Waals surface area contributed by atoms with Crippen molar-refractivity contribution in [2.75, 3.05) is 6.61 Å². The monoisotopic (exact) mass is 226 g/mol. The van der Waals surface area contributed by atoms with Gasteiger partial charge < -0.3 is 9.84 Å². The molecular formula is C13H19FO2. The van der Waals surface area contributed by atoms with Gasteiger partial charge in [0.2, 0.25) is 0 Å². The molecule has 0 aliphatic heterocycles. The predicted molar refractivity (Wildman–Crippen MR) is 61.5 cm³/mol. The molecule has 0 saturated carbocycles. The second-order valence-corrected chi connectivity index (χ2v) is 4.99. The molecule has 1 atom stereocenters. The fourth-order valence-electron chi connectivity index (χ4n) is 1.15. The van der Waals surface area contributed by atoms with E-state index in [2.05, 4.69) is 0 Å². The number of hydrogen-bond acceptors (Lipinski definition) is 2. The first-order chi connectivity index (χ1) is 7.41. The summed E-state index contributed by atoms with van der Waals surface area (Å²) in [5.74, 6) is -0.271. The first-order valence-corrected chi connectivity index (χ1v) is 5.40. The quantitative estimate of drug-likeness (QED) is 0.855. The molecule has 0 amide bonds. The van der Waals surface area contributed by atoms with Crippen molar-refractivity contribution < 1.29 is 14.2 Å². The molecule has 0 spiro atoms. The molecule has 16 heavy (non-hydrogen) atoms. The van der Waals surface area contributed by atoms with E-state index in [9.17, 15) is 9.50 Å². The molecule has 0 fully saturated rings. The van der Waals surface area contributed by atoms with E-state index in [0.29, 0.717) is 5.56 Å². The summed E-state index contributed by atoms with van der Waals surface area (Å²) in [4.78, 5) is 0. The van der Waals surface area contributed by atoms with Gasteiger partial charge in [0.25, 0.3) is 0 Å². The fourth-order valence-corrected chi connectivity index (χ4v) is 1.15. The summed E-state index contributed by atoms with van der Waals surface area (Å²) in [6.07, 6.45) is -0.542. The zero-order valence-electron chi connectivity index (χ0n) is 10.0. The first-order valence-electron chi connectivity index (χ1n) is 5.40. The molecule has 0 heterocycles. The van der Waals surface area contributed by atoms with Crippen molar-refractivity contribution in [3.8, 4) is 0 Å². The molecule has 0 aromatic heterocycles. The van der Waals surface area contributed by atoms with Crippen LogP contribution >= 0.6 is 0 Å². The molecule has 0 radical (unpaired) electrons. The Balaban J connectivity index is 2.40. The maximum absolute atomic E-state index is 13.2. The molecule has 90 valence electrons. The van der Waals surface area contributed by atoms with Crippen LogP contribution in [0.4, 0.5) is 4.39 Å². The van der Waals surface area contributed by atoms with E-state index < -0.39 is 6.10 Å². The molecule has 1 aromatic carbocycles. The maximum Gasteiger partial charge on any atom is 0.128 e. The normalized spacial score (nSPS) is 13.8. The number of rotatable bonds is 4. The summed E-state index contributed by atoms with van der Waals surface area (Å²) in [6.45, 7) is 6.22. The lowest BCUT2D eigenvalue weighted by Crippen LogP contribution is -2.30. The molecule has 0 saturated heterocycles. The van der Waals surface area contributed by atoms with Gasteiger partial charge in [0.1, 0.15) is 5.82 Å². The zero-order chi connectivity index (χ0) is 12.2. The molecule has 1 aromatic rings. The van der Waals surface area contributed by atoms with E-state index in [4.69, 9.17) is 4.74 Å². The minimum Gasteiger partial charge on any atom is -0.390 e. The van der Waals surface area contributed by atoms with Crippen LogP contribution in [0.5, 0.6) is 0 Å². The summed E-state index contributed by atoms with van der Waals surface area (Å²) in [5, 5.41) is 9.71. The molecule has 1 unspecified atom stereocenters. The number of hydrogen-bond donors (Lipinski definition) is 1. The minimum absolute atomic E-state index is 0.194. The Kier molecular flexibility index (Phi) is 4.44. The highest BCUT2D eigenvalue weighted by molar-refractivity contribution is 5.16. The average molecular weight is 226 g/mol. The minimum atomic E-state index is -0.542. The highest BCUT2D eigenvalue weighted by atomic mass is 19.1. The first kappa shape index (κ1) is 13.1. The Hall–Kier alpha value is -0.930. The van der Waals surface area contributed by atoms with Crippen molar-refractivity contribution in [3.05, 3.63) is 35.6 Å². The Morgan fingerprint density at radius 1 is 1.31 bits per heavy atom. The van der Waals surface area contributed by atoms with E-state index in [1.165, 1.54) is 6.07 Å². The Morgan fingerprint density at radius 3 is 2.50 bits per heavy atom. The van der Waals surface area contributed by atoms with E-state index in [1.807, 2.05) is 20.8 Å². The van der Waals surface area contributed by atoms with Crippen LogP contribution in [0.1, 0.15) is 26.3 Å². The van der Waals surface area contributed by atoms with Gasteiger partial charge in [0.15, 0.2) is 0 Å². The van der Waals surface area contributed by atoms with E-state index >= 15 is 0 Å². The number of aliphatic hydroxyl groups is 1. The van der Waals surface area contributed by atoms with Gasteiger partial charge in [-0.15, -0.1) is 0 Å². The molecule has 3 heteroatoms. The summed E-state index contributed by atoms with van der Waals surface area (Å²) in [6, 6.07) is 6.49. The van der Waals surface area contributed by atoms with Gasteiger partial charge in [-0.2, -0.15) is 0 Å². The largest absolute Gasteiger partial charge is 0.390 e. The average Bonchev–Trinajstić information content (AvgIpc) is 2.19. The third-order valence-corrected chi connectivity index (χ3v) is 2.49. The van der Waals surface area contributed by atoms with Crippen molar-refractivity contribution in [1.29, 1.82) is 0 Å². The molecular weight excluding hydrogens is 207 g/mol. The van der Waals surface area contributed by atoms with Crippen LogP contribution in [0.15, 0.2) is 24.3 Å². The Bertz CT molecular complexity index is 331. The highest BCUT2D eigenvalue weighted by Gasteiger charge is 2.22. The van der Waals surface area contributed by atoms with Crippen LogP contribution in [-0.4, -0.2) is 17.8 Å². The fraction of sp³-hybridized carbons (Fsp3) is 0.538. The Labute approximate surface area is 96.1 Å². The summed E-state index contributed by atoms with van der Waals surface area (Å²) >= 11 is 0. The molecule has 2 nitrogen and oxygen atoms in total. The number of aliphatic hydroxyl groups excluding tert-OH is 1. The van der Waals surface area contributed by atoms with Gasteiger partial charge in [-0.05, 0) is 11.5 Å². The highest BCUT2D eigenvalue weighted by Crippen LogP contribution is 2.19. The van der Waals surface area contributed by atoms with Crippen LogP contribution < -0.4 is 0 Å². The summed E-state index contributed by atoms with van der Waals surface area (Å²) in [7, 11) is 0.